The summed E-state index contributed by atoms with van der Waals surface area (Å²) in [6.45, 7) is 0.141. The highest BCUT2D eigenvalue weighted by molar-refractivity contribution is 5.72. The monoisotopic (exact) mass is 249 g/mol. The van der Waals surface area contributed by atoms with Crippen molar-refractivity contribution >= 4 is 5.97 Å². The Bertz CT molecular complexity index is 584. The topological polar surface area (TPSA) is 92.5 Å². The lowest BCUT2D eigenvalue weighted by molar-refractivity contribution is -0.144. The predicted molar refractivity (Wildman–Crippen MR) is 60.9 cm³/mol. The second kappa shape index (κ2) is 5.22. The highest BCUT2D eigenvalue weighted by Crippen LogP contribution is 2.12. The molecular formula is C12H11NO5. The number of H-pyrrole nitrogens is 1. The second-order valence-electron chi connectivity index (χ2n) is 3.62. The van der Waals surface area contributed by atoms with Crippen LogP contribution >= 0.6 is 0 Å². The summed E-state index contributed by atoms with van der Waals surface area (Å²) in [4.78, 5) is 24.4. The van der Waals surface area contributed by atoms with E-state index in [1.54, 1.807) is 0 Å². The molecule has 2 N–H and O–H groups in total. The summed E-state index contributed by atoms with van der Waals surface area (Å²) in [5.41, 5.74) is 0.869. The first-order valence-electron chi connectivity index (χ1n) is 5.25. The second-order valence-corrected chi connectivity index (χ2v) is 3.62. The molecule has 0 spiro atoms. The van der Waals surface area contributed by atoms with Crippen LogP contribution in [0.5, 0.6) is 5.95 Å². The van der Waals surface area contributed by atoms with Crippen molar-refractivity contribution in [3.8, 4) is 5.95 Å². The Morgan fingerprint density at radius 1 is 1.33 bits per heavy atom. The van der Waals surface area contributed by atoms with E-state index in [2.05, 4.69) is 9.40 Å². The van der Waals surface area contributed by atoms with E-state index in [0.29, 0.717) is 0 Å². The maximum absolute atomic E-state index is 11.5. The number of hydrogen-bond acceptors (Lipinski definition) is 5. The average Bonchev–Trinajstić information content (AvgIpc) is 2.67. The zero-order valence-electron chi connectivity index (χ0n) is 9.38. The molecule has 0 unspecified atom stereocenters. The largest absolute Gasteiger partial charge is 0.479 e. The Balaban J connectivity index is 1.90. The van der Waals surface area contributed by atoms with E-state index in [-0.39, 0.29) is 18.7 Å². The van der Waals surface area contributed by atoms with Gasteiger partial charge in [-0.2, -0.15) is 0 Å². The maximum Gasteiger partial charge on any atom is 0.419 e. The lowest BCUT2D eigenvalue weighted by Crippen LogP contribution is -2.09. The first-order chi connectivity index (χ1) is 8.65. The van der Waals surface area contributed by atoms with Gasteiger partial charge in [0.25, 0.3) is 0 Å². The van der Waals surface area contributed by atoms with Crippen molar-refractivity contribution in [2.45, 2.75) is 13.0 Å². The Kier molecular flexibility index (Phi) is 3.47. The lowest BCUT2D eigenvalue weighted by Gasteiger charge is -2.03. The van der Waals surface area contributed by atoms with E-state index < -0.39 is 17.7 Å². The van der Waals surface area contributed by atoms with Crippen LogP contribution in [0.1, 0.15) is 11.3 Å². The Labute approximate surface area is 102 Å². The van der Waals surface area contributed by atoms with Gasteiger partial charge in [-0.05, 0) is 5.56 Å². The number of nitrogens with one attached hydrogen (secondary N) is 1. The van der Waals surface area contributed by atoms with Crippen LogP contribution in [0, 0.1) is 0 Å². The summed E-state index contributed by atoms with van der Waals surface area (Å²) in [6, 6.07) is 9.18. The normalized spacial score (nSPS) is 10.2. The van der Waals surface area contributed by atoms with Gasteiger partial charge in [0.1, 0.15) is 12.3 Å². The molecule has 2 rings (SSSR count). The van der Waals surface area contributed by atoms with Crippen molar-refractivity contribution in [3.63, 3.8) is 0 Å². The van der Waals surface area contributed by atoms with Crippen molar-refractivity contribution in [2.24, 2.45) is 0 Å². The number of hydrogen-bond donors (Lipinski definition) is 2. The number of ether oxygens (including phenoxy) is 1. The molecule has 0 saturated heterocycles. The van der Waals surface area contributed by atoms with Crippen LogP contribution in [0.4, 0.5) is 0 Å². The molecule has 0 amide bonds. The first kappa shape index (κ1) is 12.0. The number of benzene rings is 1. The van der Waals surface area contributed by atoms with Gasteiger partial charge in [0.15, 0.2) is 0 Å². The van der Waals surface area contributed by atoms with Crippen LogP contribution in [0.3, 0.4) is 0 Å². The van der Waals surface area contributed by atoms with Crippen LogP contribution in [0.25, 0.3) is 0 Å². The molecule has 0 bridgehead atoms. The number of aromatic hydroxyl groups is 1. The maximum atomic E-state index is 11.5. The molecule has 2 aromatic rings. The van der Waals surface area contributed by atoms with E-state index in [1.807, 2.05) is 30.3 Å². The molecule has 6 heteroatoms. The van der Waals surface area contributed by atoms with Crippen LogP contribution in [-0.4, -0.2) is 16.1 Å². The van der Waals surface area contributed by atoms with E-state index in [4.69, 9.17) is 9.84 Å². The fraction of sp³-hybridized carbons (Fsp3) is 0.167. The Hall–Kier alpha value is -2.50. The van der Waals surface area contributed by atoms with Crippen LogP contribution in [-0.2, 0) is 22.6 Å². The fourth-order valence-corrected chi connectivity index (χ4v) is 1.40. The highest BCUT2D eigenvalue weighted by Gasteiger charge is 2.13. The smallest absolute Gasteiger partial charge is 0.419 e. The van der Waals surface area contributed by atoms with E-state index in [1.165, 1.54) is 0 Å². The minimum absolute atomic E-state index is 0.0121. The third-order valence-corrected chi connectivity index (χ3v) is 2.26. The zero-order valence-corrected chi connectivity index (χ0v) is 9.38. The number of carbonyl (C=O) groups excluding carboxylic acids is 1. The number of rotatable bonds is 4. The molecule has 1 aromatic heterocycles. The molecule has 0 radical (unpaired) electrons. The lowest BCUT2D eigenvalue weighted by atomic mass is 10.2. The number of oxazole rings is 1. The van der Waals surface area contributed by atoms with Gasteiger partial charge in [-0.25, -0.2) is 4.79 Å². The highest BCUT2D eigenvalue weighted by atomic mass is 16.5. The fourth-order valence-electron chi connectivity index (χ4n) is 1.40. The first-order valence-corrected chi connectivity index (χ1v) is 5.25. The van der Waals surface area contributed by atoms with Gasteiger partial charge in [0.2, 0.25) is 0 Å². The summed E-state index contributed by atoms with van der Waals surface area (Å²) < 4.78 is 9.30. The minimum Gasteiger partial charge on any atom is -0.479 e. The quantitative estimate of drug-likeness (QED) is 0.787. The summed E-state index contributed by atoms with van der Waals surface area (Å²) in [5, 5.41) is 9.16. The SMILES string of the molecule is O=C(Cc1[nH]c(=O)oc1O)OCc1ccccc1. The third kappa shape index (κ3) is 3.00. The average molecular weight is 249 g/mol. The Morgan fingerprint density at radius 2 is 2.06 bits per heavy atom. The van der Waals surface area contributed by atoms with Crippen molar-refractivity contribution in [2.75, 3.05) is 0 Å². The summed E-state index contributed by atoms with van der Waals surface area (Å²) in [5.74, 6) is -1.96. The van der Waals surface area contributed by atoms with E-state index in [9.17, 15) is 9.59 Å². The van der Waals surface area contributed by atoms with Gasteiger partial charge in [-0.3, -0.25) is 9.78 Å². The van der Waals surface area contributed by atoms with Crippen molar-refractivity contribution in [1.29, 1.82) is 0 Å². The molecule has 6 nitrogen and oxygen atoms in total. The predicted octanol–water partition coefficient (Wildman–Crippen LogP) is 0.959. The molecule has 0 saturated carbocycles. The van der Waals surface area contributed by atoms with Gasteiger partial charge in [0, 0.05) is 0 Å². The Morgan fingerprint density at radius 3 is 2.67 bits per heavy atom. The molecule has 18 heavy (non-hydrogen) atoms. The van der Waals surface area contributed by atoms with E-state index >= 15 is 0 Å². The van der Waals surface area contributed by atoms with Gasteiger partial charge in [0.05, 0.1) is 6.42 Å². The van der Waals surface area contributed by atoms with Crippen LogP contribution in [0.2, 0.25) is 0 Å². The minimum atomic E-state index is -0.807. The number of aromatic nitrogens is 1. The molecule has 1 aromatic carbocycles. The van der Waals surface area contributed by atoms with Crippen molar-refractivity contribution in [3.05, 3.63) is 52.1 Å². The van der Waals surface area contributed by atoms with Crippen LogP contribution < -0.4 is 5.76 Å². The number of aromatic amines is 1. The molecule has 0 aliphatic rings. The number of carbonyl (C=O) groups is 1. The van der Waals surface area contributed by atoms with Crippen molar-refractivity contribution in [1.82, 2.24) is 4.98 Å². The zero-order chi connectivity index (χ0) is 13.0. The third-order valence-electron chi connectivity index (χ3n) is 2.26. The van der Waals surface area contributed by atoms with Gasteiger partial charge in [-0.1, -0.05) is 30.3 Å². The van der Waals surface area contributed by atoms with Gasteiger partial charge in [-0.15, -0.1) is 0 Å². The number of esters is 1. The molecule has 1 heterocycles. The molecule has 0 atom stereocenters. The molecule has 94 valence electrons. The van der Waals surface area contributed by atoms with E-state index in [0.717, 1.165) is 5.56 Å². The molecule has 0 aliphatic heterocycles. The summed E-state index contributed by atoms with van der Waals surface area (Å²) in [6.07, 6.45) is -0.246. The standard InChI is InChI=1S/C12H11NO5/c14-10(6-9-11(15)18-12(16)13-9)17-7-8-4-2-1-3-5-8/h1-5,15H,6-7H2,(H,13,16). The van der Waals surface area contributed by atoms with Gasteiger partial charge >= 0.3 is 17.7 Å². The molecule has 0 aliphatic carbocycles. The van der Waals surface area contributed by atoms with Gasteiger partial charge < -0.3 is 14.3 Å². The summed E-state index contributed by atoms with van der Waals surface area (Å²) >= 11 is 0. The molecule has 0 fully saturated rings. The van der Waals surface area contributed by atoms with Crippen LogP contribution in [0.15, 0.2) is 39.5 Å². The van der Waals surface area contributed by atoms with Crippen molar-refractivity contribution < 1.29 is 19.1 Å². The molecular weight excluding hydrogens is 238 g/mol. The summed E-state index contributed by atoms with van der Waals surface area (Å²) in [7, 11) is 0.